The molecule has 8 N–H and O–H groups in total. The van der Waals surface area contributed by atoms with Gasteiger partial charge in [0.15, 0.2) is 0 Å². The largest absolute Gasteiger partial charge is 0.508 e. The van der Waals surface area contributed by atoms with Gasteiger partial charge in [-0.2, -0.15) is 4.39 Å². The molecular weight excluding hydrogens is 625 g/mol. The zero-order chi connectivity index (χ0) is 32.1. The van der Waals surface area contributed by atoms with Crippen LogP contribution in [-0.4, -0.2) is 110 Å². The molecule has 43 heavy (non-hydrogen) atoms. The van der Waals surface area contributed by atoms with Gasteiger partial charge in [-0.05, 0) is 6.42 Å². The number of amides is 2. The predicted octanol–water partition coefficient (Wildman–Crippen LogP) is -2.26. The molecule has 1 aliphatic heterocycles. The highest BCUT2D eigenvalue weighted by Crippen LogP contribution is 2.28. The second-order valence-electron chi connectivity index (χ2n) is 8.81. The Morgan fingerprint density at radius 2 is 1.93 bits per heavy atom. The number of carbonyl (C=O) groups excluding carboxylic acids is 3. The fourth-order valence-electron chi connectivity index (χ4n) is 3.38. The summed E-state index contributed by atoms with van der Waals surface area (Å²) >= 11 is 0. The summed E-state index contributed by atoms with van der Waals surface area (Å²) in [5.74, 6) is -5.07. The molecule has 18 nitrogen and oxygen atoms in total. The molecule has 240 valence electrons. The standard InChI is InChI=1S/C22H30FN5O13S2/c23-10-7-28(21(37)27-18(10)33)16-5-13(29)14(41-16)8-40-22(38)39-3-4-42-43-9-12(19(34)25-6-17(31)32)26-15(30)2-1-11(24)20(35)36/h7,11-14,16,29H,1-6,8-9,24H2,(H,25,34)(H,26,30)(H,31,32)(H,35,36)(H,27,33,37). The van der Waals surface area contributed by atoms with Crippen molar-refractivity contribution < 1.29 is 57.9 Å². The van der Waals surface area contributed by atoms with Crippen LogP contribution in [0.3, 0.4) is 0 Å². The SMILES string of the molecule is NC(CCC(=O)NC(CSSCCOC(=O)OCC1OC(n2cc(F)c(=O)[nH]c2=O)CC1O)C(=O)NCC(=O)O)C(=O)O. The van der Waals surface area contributed by atoms with Gasteiger partial charge in [-0.15, -0.1) is 0 Å². The first kappa shape index (κ1) is 35.5. The number of aromatic nitrogens is 2. The third kappa shape index (κ3) is 12.2. The van der Waals surface area contributed by atoms with Crippen LogP contribution in [0.1, 0.15) is 25.5 Å². The lowest BCUT2D eigenvalue weighted by atomic mass is 10.1. The maximum Gasteiger partial charge on any atom is 0.508 e. The van der Waals surface area contributed by atoms with Crippen LogP contribution in [-0.2, 0) is 33.4 Å². The van der Waals surface area contributed by atoms with E-state index in [2.05, 4.69) is 10.6 Å². The lowest BCUT2D eigenvalue weighted by Crippen LogP contribution is -2.49. The summed E-state index contributed by atoms with van der Waals surface area (Å²) in [6, 6.07) is -2.42. The van der Waals surface area contributed by atoms with Crippen LogP contribution < -0.4 is 27.6 Å². The van der Waals surface area contributed by atoms with Gasteiger partial charge in [-0.25, -0.2) is 9.59 Å². The van der Waals surface area contributed by atoms with E-state index in [1.165, 1.54) is 0 Å². The van der Waals surface area contributed by atoms with Crippen LogP contribution in [0.15, 0.2) is 15.8 Å². The molecule has 5 unspecified atom stereocenters. The minimum absolute atomic E-state index is 0.0162. The molecule has 0 bridgehead atoms. The third-order valence-corrected chi connectivity index (χ3v) is 7.95. The molecule has 5 atom stereocenters. The van der Waals surface area contributed by atoms with Crippen molar-refractivity contribution in [1.29, 1.82) is 0 Å². The lowest BCUT2D eigenvalue weighted by molar-refractivity contribution is -0.139. The normalized spacial score (nSPS) is 19.2. The quantitative estimate of drug-likeness (QED) is 0.0529. The highest BCUT2D eigenvalue weighted by molar-refractivity contribution is 8.76. The van der Waals surface area contributed by atoms with Crippen molar-refractivity contribution in [1.82, 2.24) is 20.2 Å². The molecule has 2 heterocycles. The molecular formula is C22H30FN5O13S2. The number of nitrogens with zero attached hydrogens (tertiary/aromatic N) is 1. The van der Waals surface area contributed by atoms with Gasteiger partial charge in [-0.1, -0.05) is 21.6 Å². The fraction of sp³-hybridized carbons (Fsp3) is 0.591. The van der Waals surface area contributed by atoms with Crippen LogP contribution in [0.5, 0.6) is 0 Å². The van der Waals surface area contributed by atoms with Crippen LogP contribution in [0, 0.1) is 5.82 Å². The average Bonchev–Trinajstić information content (AvgIpc) is 3.31. The topological polar surface area (TPSA) is 279 Å². The number of ether oxygens (including phenoxy) is 3. The van der Waals surface area contributed by atoms with Gasteiger partial charge in [0.2, 0.25) is 17.6 Å². The van der Waals surface area contributed by atoms with E-state index in [0.717, 1.165) is 26.2 Å². The number of aliphatic hydroxyl groups is 1. The fourth-order valence-corrected chi connectivity index (χ4v) is 5.37. The number of carboxylic acids is 2. The van der Waals surface area contributed by atoms with Crippen molar-refractivity contribution >= 4 is 51.5 Å². The molecule has 1 aromatic rings. The molecule has 2 rings (SSSR count). The summed E-state index contributed by atoms with van der Waals surface area (Å²) in [4.78, 5) is 82.7. The first-order chi connectivity index (χ1) is 20.3. The van der Waals surface area contributed by atoms with E-state index in [4.69, 9.17) is 30.2 Å². The first-order valence-electron chi connectivity index (χ1n) is 12.4. The Kier molecular flexibility index (Phi) is 14.4. The van der Waals surface area contributed by atoms with Crippen LogP contribution in [0.4, 0.5) is 9.18 Å². The van der Waals surface area contributed by atoms with Crippen molar-refractivity contribution in [3.05, 3.63) is 32.9 Å². The Balaban J connectivity index is 1.71. The second-order valence-corrected chi connectivity index (χ2v) is 11.4. The minimum Gasteiger partial charge on any atom is -0.480 e. The molecule has 1 saturated heterocycles. The summed E-state index contributed by atoms with van der Waals surface area (Å²) in [6.07, 6.45) is -4.43. The number of H-pyrrole nitrogens is 1. The number of carboxylic acid groups (broad SMARTS) is 2. The molecule has 0 spiro atoms. The van der Waals surface area contributed by atoms with Gasteiger partial charge >= 0.3 is 23.8 Å². The maximum atomic E-state index is 13.5. The Labute approximate surface area is 249 Å². The minimum atomic E-state index is -1.30. The molecule has 2 amide bonds. The number of carbonyl (C=O) groups is 5. The summed E-state index contributed by atoms with van der Waals surface area (Å²) in [5, 5.41) is 32.2. The summed E-state index contributed by atoms with van der Waals surface area (Å²) in [6.45, 7) is -1.28. The number of nitrogens with two attached hydrogens (primary N) is 1. The van der Waals surface area contributed by atoms with E-state index in [9.17, 15) is 43.1 Å². The molecule has 0 aromatic carbocycles. The Bertz CT molecular complexity index is 1280. The van der Waals surface area contributed by atoms with Crippen LogP contribution >= 0.6 is 21.6 Å². The highest BCUT2D eigenvalue weighted by atomic mass is 33.1. The smallest absolute Gasteiger partial charge is 0.480 e. The van der Waals surface area contributed by atoms with Crippen LogP contribution in [0.25, 0.3) is 0 Å². The molecule has 1 aliphatic rings. The summed E-state index contributed by atoms with van der Waals surface area (Å²) in [5.41, 5.74) is 3.20. The van der Waals surface area contributed by atoms with Gasteiger partial charge in [0.25, 0.3) is 5.56 Å². The molecule has 0 saturated carbocycles. The summed E-state index contributed by atoms with van der Waals surface area (Å²) < 4.78 is 29.5. The molecule has 0 aliphatic carbocycles. The van der Waals surface area contributed by atoms with E-state index in [0.29, 0.717) is 6.20 Å². The van der Waals surface area contributed by atoms with E-state index in [1.54, 1.807) is 4.98 Å². The van der Waals surface area contributed by atoms with Gasteiger partial charge < -0.3 is 45.9 Å². The molecule has 21 heteroatoms. The van der Waals surface area contributed by atoms with E-state index < -0.39 is 90.6 Å². The maximum absolute atomic E-state index is 13.5. The lowest BCUT2D eigenvalue weighted by Gasteiger charge is -2.18. The highest BCUT2D eigenvalue weighted by Gasteiger charge is 2.36. The Morgan fingerprint density at radius 1 is 1.21 bits per heavy atom. The number of aromatic amines is 1. The van der Waals surface area contributed by atoms with Crippen molar-refractivity contribution in [2.45, 2.75) is 49.8 Å². The Morgan fingerprint density at radius 3 is 2.60 bits per heavy atom. The monoisotopic (exact) mass is 655 g/mol. The van der Waals surface area contributed by atoms with Crippen molar-refractivity contribution in [2.75, 3.05) is 31.3 Å². The van der Waals surface area contributed by atoms with Crippen LogP contribution in [0.2, 0.25) is 0 Å². The molecule has 1 aromatic heterocycles. The second kappa shape index (κ2) is 17.5. The van der Waals surface area contributed by atoms with Crippen molar-refractivity contribution in [3.8, 4) is 0 Å². The predicted molar refractivity (Wildman–Crippen MR) is 145 cm³/mol. The van der Waals surface area contributed by atoms with Gasteiger partial charge in [0.05, 0.1) is 12.3 Å². The molecule has 0 radical (unpaired) electrons. The number of aliphatic hydroxyl groups excluding tert-OH is 1. The number of hydrogen-bond acceptors (Lipinski definition) is 14. The van der Waals surface area contributed by atoms with Gasteiger partial charge in [0, 0.05) is 24.3 Å². The zero-order valence-electron chi connectivity index (χ0n) is 22.3. The Hall–Kier alpha value is -3.66. The molecule has 1 fully saturated rings. The van der Waals surface area contributed by atoms with Gasteiger partial charge in [0.1, 0.15) is 44.2 Å². The number of halogens is 1. The number of hydrogen-bond donors (Lipinski definition) is 7. The summed E-state index contributed by atoms with van der Waals surface area (Å²) in [7, 11) is 2.24. The van der Waals surface area contributed by atoms with Crippen molar-refractivity contribution in [3.63, 3.8) is 0 Å². The number of rotatable bonds is 17. The zero-order valence-corrected chi connectivity index (χ0v) is 23.9. The van der Waals surface area contributed by atoms with Crippen molar-refractivity contribution in [2.24, 2.45) is 5.73 Å². The number of nitrogens with one attached hydrogen (secondary N) is 3. The van der Waals surface area contributed by atoms with Gasteiger partial charge in [-0.3, -0.25) is 33.5 Å². The van der Waals surface area contributed by atoms with E-state index in [-0.39, 0.29) is 37.4 Å². The average molecular weight is 656 g/mol. The van der Waals surface area contributed by atoms with E-state index in [1.807, 2.05) is 0 Å². The number of aliphatic carboxylic acids is 2. The van der Waals surface area contributed by atoms with E-state index >= 15 is 0 Å². The first-order valence-corrected chi connectivity index (χ1v) is 14.9. The third-order valence-electron chi connectivity index (χ3n) is 5.57.